The monoisotopic (exact) mass is 392 g/mol. The fraction of sp³-hybridized carbons (Fsp3) is 0.421. The quantitative estimate of drug-likeness (QED) is 0.759. The van der Waals surface area contributed by atoms with E-state index in [0.29, 0.717) is 37.5 Å². The van der Waals surface area contributed by atoms with Gasteiger partial charge in [0.1, 0.15) is 0 Å². The molecule has 140 valence electrons. The van der Waals surface area contributed by atoms with E-state index < -0.39 is 10.0 Å². The van der Waals surface area contributed by atoms with Crippen LogP contribution in [0.4, 0.5) is 0 Å². The fourth-order valence-corrected chi connectivity index (χ4v) is 5.24. The smallest absolute Gasteiger partial charge is 0.243 e. The van der Waals surface area contributed by atoms with Crippen molar-refractivity contribution in [3.63, 3.8) is 0 Å². The molecule has 1 aromatic carbocycles. The number of benzene rings is 1. The van der Waals surface area contributed by atoms with E-state index in [1.165, 1.54) is 9.18 Å². The Bertz CT molecular complexity index is 822. The van der Waals surface area contributed by atoms with Crippen molar-refractivity contribution in [3.05, 3.63) is 52.2 Å². The van der Waals surface area contributed by atoms with E-state index >= 15 is 0 Å². The number of carbonyl (C=O) groups excluding carboxylic acids is 1. The Balaban J connectivity index is 1.50. The molecule has 0 saturated carbocycles. The lowest BCUT2D eigenvalue weighted by Crippen LogP contribution is -2.50. The van der Waals surface area contributed by atoms with Crippen LogP contribution in [0.1, 0.15) is 23.3 Å². The van der Waals surface area contributed by atoms with Crippen molar-refractivity contribution in [2.24, 2.45) is 0 Å². The van der Waals surface area contributed by atoms with Gasteiger partial charge in [-0.3, -0.25) is 4.79 Å². The van der Waals surface area contributed by atoms with E-state index in [4.69, 9.17) is 0 Å². The van der Waals surface area contributed by atoms with Gasteiger partial charge >= 0.3 is 0 Å². The fourth-order valence-electron chi connectivity index (χ4n) is 3.06. The molecule has 26 heavy (non-hydrogen) atoms. The molecule has 1 fully saturated rings. The lowest BCUT2D eigenvalue weighted by molar-refractivity contribution is -0.132. The Morgan fingerprint density at radius 1 is 1.08 bits per heavy atom. The maximum atomic E-state index is 12.7. The van der Waals surface area contributed by atoms with E-state index in [2.05, 4.69) is 6.07 Å². The molecule has 3 rings (SSSR count). The molecule has 7 heteroatoms. The number of aryl methyl sites for hydroxylation is 2. The van der Waals surface area contributed by atoms with Gasteiger partial charge in [-0.05, 0) is 43.3 Å². The Kier molecular flexibility index (Phi) is 6.11. The molecule has 1 aliphatic rings. The summed E-state index contributed by atoms with van der Waals surface area (Å²) in [7, 11) is -3.48. The highest BCUT2D eigenvalue weighted by atomic mass is 32.2. The molecule has 2 heterocycles. The second-order valence-electron chi connectivity index (χ2n) is 6.53. The van der Waals surface area contributed by atoms with Gasteiger partial charge in [0, 0.05) is 37.5 Å². The van der Waals surface area contributed by atoms with Crippen molar-refractivity contribution in [2.45, 2.75) is 31.1 Å². The summed E-state index contributed by atoms with van der Waals surface area (Å²) in [5, 5.41) is 2.05. The highest BCUT2D eigenvalue weighted by molar-refractivity contribution is 7.89. The third-order valence-electron chi connectivity index (χ3n) is 4.64. The van der Waals surface area contributed by atoms with Gasteiger partial charge in [0.15, 0.2) is 0 Å². The maximum Gasteiger partial charge on any atom is 0.243 e. The van der Waals surface area contributed by atoms with Crippen molar-refractivity contribution in [2.75, 3.05) is 26.2 Å². The average Bonchev–Trinajstić information content (AvgIpc) is 3.15. The highest BCUT2D eigenvalue weighted by Gasteiger charge is 2.29. The first-order valence-corrected chi connectivity index (χ1v) is 11.2. The number of carbonyl (C=O) groups is 1. The van der Waals surface area contributed by atoms with Gasteiger partial charge in [-0.2, -0.15) is 4.31 Å². The molecule has 0 radical (unpaired) electrons. The number of rotatable bonds is 6. The van der Waals surface area contributed by atoms with Crippen LogP contribution in [-0.2, 0) is 21.2 Å². The van der Waals surface area contributed by atoms with E-state index in [-0.39, 0.29) is 5.91 Å². The van der Waals surface area contributed by atoms with Crippen LogP contribution in [0.2, 0.25) is 0 Å². The first-order chi connectivity index (χ1) is 12.5. The highest BCUT2D eigenvalue weighted by Crippen LogP contribution is 2.19. The van der Waals surface area contributed by atoms with Gasteiger partial charge < -0.3 is 4.90 Å². The first-order valence-electron chi connectivity index (χ1n) is 8.84. The summed E-state index contributed by atoms with van der Waals surface area (Å²) >= 11 is 1.71. The Hall–Kier alpha value is -1.70. The van der Waals surface area contributed by atoms with Crippen molar-refractivity contribution in [1.82, 2.24) is 9.21 Å². The topological polar surface area (TPSA) is 57.7 Å². The summed E-state index contributed by atoms with van der Waals surface area (Å²) in [6.45, 7) is 3.56. The largest absolute Gasteiger partial charge is 0.340 e. The number of sulfonamides is 1. The van der Waals surface area contributed by atoms with Crippen molar-refractivity contribution in [3.8, 4) is 0 Å². The normalized spacial score (nSPS) is 16.0. The molecule has 0 bridgehead atoms. The molecule has 1 saturated heterocycles. The van der Waals surface area contributed by atoms with Crippen LogP contribution in [0.25, 0.3) is 0 Å². The second kappa shape index (κ2) is 8.33. The summed E-state index contributed by atoms with van der Waals surface area (Å²) in [4.78, 5) is 15.8. The minimum Gasteiger partial charge on any atom is -0.340 e. The van der Waals surface area contributed by atoms with Crippen molar-refractivity contribution >= 4 is 27.3 Å². The van der Waals surface area contributed by atoms with Gasteiger partial charge in [0.05, 0.1) is 4.90 Å². The summed E-state index contributed by atoms with van der Waals surface area (Å²) in [6, 6.07) is 11.0. The van der Waals surface area contributed by atoms with Crippen LogP contribution in [0.5, 0.6) is 0 Å². The molecule has 0 spiro atoms. The van der Waals surface area contributed by atoms with Gasteiger partial charge in [-0.15, -0.1) is 11.3 Å². The number of hydrogen-bond donors (Lipinski definition) is 0. The van der Waals surface area contributed by atoms with Crippen LogP contribution >= 0.6 is 11.3 Å². The summed E-state index contributed by atoms with van der Waals surface area (Å²) in [5.41, 5.74) is 1.03. The van der Waals surface area contributed by atoms with Crippen LogP contribution in [0.15, 0.2) is 46.7 Å². The molecular weight excluding hydrogens is 368 g/mol. The molecule has 0 aliphatic carbocycles. The van der Waals surface area contributed by atoms with E-state index in [9.17, 15) is 13.2 Å². The minimum atomic E-state index is -3.48. The first kappa shape index (κ1) is 19.1. The zero-order chi connectivity index (χ0) is 18.6. The molecule has 2 aromatic rings. The number of hydrogen-bond acceptors (Lipinski definition) is 4. The van der Waals surface area contributed by atoms with Gasteiger partial charge in [0.2, 0.25) is 15.9 Å². The van der Waals surface area contributed by atoms with Gasteiger partial charge in [0.25, 0.3) is 0 Å². The Labute approximate surface area is 159 Å². The number of amides is 1. The third-order valence-corrected chi connectivity index (χ3v) is 7.49. The summed E-state index contributed by atoms with van der Waals surface area (Å²) in [6.07, 6.45) is 2.27. The lowest BCUT2D eigenvalue weighted by Gasteiger charge is -2.34. The van der Waals surface area contributed by atoms with Crippen LogP contribution in [0.3, 0.4) is 0 Å². The molecular formula is C19H24N2O3S2. The Morgan fingerprint density at radius 3 is 2.38 bits per heavy atom. The minimum absolute atomic E-state index is 0.119. The van der Waals surface area contributed by atoms with Gasteiger partial charge in [-0.1, -0.05) is 23.8 Å². The molecule has 1 aromatic heterocycles. The lowest BCUT2D eigenvalue weighted by atomic mass is 10.2. The van der Waals surface area contributed by atoms with E-state index in [1.54, 1.807) is 40.5 Å². The second-order valence-corrected chi connectivity index (χ2v) is 9.50. The molecule has 5 nitrogen and oxygen atoms in total. The number of piperazine rings is 1. The SMILES string of the molecule is Cc1ccc(S(=O)(=O)N2CCN(C(=O)CCCc3cccs3)CC2)cc1. The van der Waals surface area contributed by atoms with Crippen LogP contribution in [0, 0.1) is 6.92 Å². The third kappa shape index (κ3) is 4.52. The number of thiophene rings is 1. The van der Waals surface area contributed by atoms with Crippen LogP contribution in [-0.4, -0.2) is 49.7 Å². The summed E-state index contributed by atoms with van der Waals surface area (Å²) in [5.74, 6) is 0.119. The molecule has 1 amide bonds. The van der Waals surface area contributed by atoms with Crippen LogP contribution < -0.4 is 0 Å². The van der Waals surface area contributed by atoms with Crippen molar-refractivity contribution < 1.29 is 13.2 Å². The summed E-state index contributed by atoms with van der Waals surface area (Å²) < 4.78 is 26.9. The zero-order valence-electron chi connectivity index (χ0n) is 14.9. The Morgan fingerprint density at radius 2 is 1.77 bits per heavy atom. The van der Waals surface area contributed by atoms with Gasteiger partial charge in [-0.25, -0.2) is 8.42 Å². The van der Waals surface area contributed by atoms with Crippen molar-refractivity contribution in [1.29, 1.82) is 0 Å². The number of nitrogens with zero attached hydrogens (tertiary/aromatic N) is 2. The molecule has 0 N–H and O–H groups in total. The zero-order valence-corrected chi connectivity index (χ0v) is 16.6. The van der Waals surface area contributed by atoms with E-state index in [0.717, 1.165) is 18.4 Å². The van der Waals surface area contributed by atoms with E-state index in [1.807, 2.05) is 18.4 Å². The maximum absolute atomic E-state index is 12.7. The molecule has 0 unspecified atom stereocenters. The standard InChI is InChI=1S/C19H24N2O3S2/c1-16-7-9-18(10-8-16)26(23,24)21-13-11-20(12-14-21)19(22)6-2-4-17-5-3-15-25-17/h3,5,7-10,15H,2,4,6,11-14H2,1H3. The predicted molar refractivity (Wildman–Crippen MR) is 104 cm³/mol. The molecule has 0 atom stereocenters. The average molecular weight is 393 g/mol. The molecule has 1 aliphatic heterocycles. The predicted octanol–water partition coefficient (Wildman–Crippen LogP) is 2.91.